The van der Waals surface area contributed by atoms with Gasteiger partial charge in [0.1, 0.15) is 0 Å². The van der Waals surface area contributed by atoms with Crippen LogP contribution < -0.4 is 10.9 Å². The number of hydrazine groups is 1. The molecule has 0 bridgehead atoms. The molecule has 1 heterocycles. The van der Waals surface area contributed by atoms with Crippen molar-refractivity contribution in [3.05, 3.63) is 35.9 Å². The summed E-state index contributed by atoms with van der Waals surface area (Å²) < 4.78 is 0. The third-order valence-corrected chi connectivity index (χ3v) is 3.81. The highest BCUT2D eigenvalue weighted by Crippen LogP contribution is 2.23. The lowest BCUT2D eigenvalue weighted by atomic mass is 10.1. The minimum atomic E-state index is 0.0506. The number of amides is 1. The molecule has 1 aromatic rings. The summed E-state index contributed by atoms with van der Waals surface area (Å²) in [4.78, 5) is 12.2. The van der Waals surface area contributed by atoms with Gasteiger partial charge in [-0.2, -0.15) is 0 Å². The number of carbonyl (C=O) groups excluding carboxylic acids is 1. The average Bonchev–Trinajstić information content (AvgIpc) is 2.45. The molecule has 1 fully saturated rings. The van der Waals surface area contributed by atoms with E-state index in [1.807, 2.05) is 12.1 Å². The van der Waals surface area contributed by atoms with Gasteiger partial charge >= 0.3 is 0 Å². The van der Waals surface area contributed by atoms with Crippen molar-refractivity contribution < 1.29 is 4.79 Å². The molecule has 0 radical (unpaired) electrons. The Balaban J connectivity index is 2.02. The number of rotatable bonds is 4. The quantitative estimate of drug-likeness (QED) is 0.652. The monoisotopic (exact) mass is 272 g/mol. The predicted molar refractivity (Wildman–Crippen MR) is 79.3 cm³/mol. The summed E-state index contributed by atoms with van der Waals surface area (Å²) >= 11 is 1.66. The Kier molecular flexibility index (Phi) is 5.08. The molecule has 1 amide bonds. The molecule has 2 rings (SSSR count). The van der Waals surface area contributed by atoms with Crippen molar-refractivity contribution in [1.82, 2.24) is 10.9 Å². The van der Waals surface area contributed by atoms with Crippen LogP contribution in [0.3, 0.4) is 0 Å². The van der Waals surface area contributed by atoms with E-state index in [9.17, 15) is 4.79 Å². The van der Waals surface area contributed by atoms with E-state index in [1.165, 1.54) is 4.90 Å². The van der Waals surface area contributed by atoms with Crippen molar-refractivity contribution in [2.75, 3.05) is 5.75 Å². The number of hydrogen-bond acceptors (Lipinski definition) is 3. The molecule has 3 nitrogen and oxygen atoms in total. The Morgan fingerprint density at radius 1 is 1.47 bits per heavy atom. The van der Waals surface area contributed by atoms with Crippen molar-refractivity contribution in [3.63, 3.8) is 0 Å². The van der Waals surface area contributed by atoms with Gasteiger partial charge in [0.25, 0.3) is 0 Å². The highest BCUT2D eigenvalue weighted by molar-refractivity contribution is 7.99. The zero-order valence-corrected chi connectivity index (χ0v) is 11.4. The number of carbonyl (C=O) groups is 1. The van der Waals surface area contributed by atoms with Crippen LogP contribution in [0.25, 0.3) is 6.08 Å². The highest BCUT2D eigenvalue weighted by Gasteiger charge is 2.14. The van der Waals surface area contributed by atoms with Gasteiger partial charge in [-0.05, 0) is 18.1 Å². The van der Waals surface area contributed by atoms with Crippen LogP contribution in [0.4, 0.5) is 0 Å². The average molecular weight is 272 g/mol. The number of thioether (sulfide) groups is 1. The maximum Gasteiger partial charge on any atom is 0.234 e. The van der Waals surface area contributed by atoms with Gasteiger partial charge in [0, 0.05) is 17.4 Å². The van der Waals surface area contributed by atoms with Crippen molar-refractivity contribution in [2.24, 2.45) is 0 Å². The largest absolute Gasteiger partial charge is 0.291 e. The topological polar surface area (TPSA) is 41.1 Å². The second kappa shape index (κ2) is 7.03. The minimum Gasteiger partial charge on any atom is -0.291 e. The predicted octanol–water partition coefficient (Wildman–Crippen LogP) is 2.21. The lowest BCUT2D eigenvalue weighted by Gasteiger charge is -2.20. The zero-order valence-electron chi connectivity index (χ0n) is 10.6. The van der Waals surface area contributed by atoms with Gasteiger partial charge in [-0.15, -0.1) is 18.2 Å². The molecule has 0 saturated carbocycles. The molecule has 1 aliphatic heterocycles. The standard InChI is InChI=1S/C15H16N2OS/c1-2-11-19-14-6-4-3-5-12(14)7-8-13-9-10-15(18)17-16-13/h1,3-8,13,16H,9-11H2,(H,17,18)/b8-7+. The van der Waals surface area contributed by atoms with Crippen LogP contribution in [-0.2, 0) is 4.79 Å². The third-order valence-electron chi connectivity index (χ3n) is 2.82. The van der Waals surface area contributed by atoms with Crippen LogP contribution in [0.5, 0.6) is 0 Å². The second-order valence-corrected chi connectivity index (χ2v) is 5.24. The second-order valence-electron chi connectivity index (χ2n) is 4.23. The number of nitrogens with one attached hydrogen (secondary N) is 2. The van der Waals surface area contributed by atoms with Crippen molar-refractivity contribution >= 4 is 23.7 Å². The molecule has 0 aromatic heterocycles. The SMILES string of the molecule is C#CCSc1ccccc1/C=C/C1CCC(=O)NN1. The van der Waals surface area contributed by atoms with Gasteiger partial charge in [-0.1, -0.05) is 36.3 Å². The molecular weight excluding hydrogens is 256 g/mol. The van der Waals surface area contributed by atoms with Crippen LogP contribution in [0, 0.1) is 12.3 Å². The maximum atomic E-state index is 11.0. The van der Waals surface area contributed by atoms with Gasteiger partial charge in [0.15, 0.2) is 0 Å². The summed E-state index contributed by atoms with van der Waals surface area (Å²) in [5, 5.41) is 0. The molecule has 4 heteroatoms. The Morgan fingerprint density at radius 3 is 3.05 bits per heavy atom. The normalized spacial score (nSPS) is 19.1. The minimum absolute atomic E-state index is 0.0506. The van der Waals surface area contributed by atoms with Gasteiger partial charge in [-0.3, -0.25) is 10.2 Å². The number of hydrogen-bond donors (Lipinski definition) is 2. The van der Waals surface area contributed by atoms with Crippen LogP contribution in [-0.4, -0.2) is 17.7 Å². The molecule has 98 valence electrons. The first-order valence-corrected chi connectivity index (χ1v) is 7.16. The van der Waals surface area contributed by atoms with E-state index in [0.29, 0.717) is 12.2 Å². The van der Waals surface area contributed by atoms with Crippen LogP contribution in [0.15, 0.2) is 35.2 Å². The first-order valence-electron chi connectivity index (χ1n) is 6.17. The summed E-state index contributed by atoms with van der Waals surface area (Å²) in [5.41, 5.74) is 6.78. The molecule has 1 unspecified atom stereocenters. The number of terminal acetylenes is 1. The van der Waals surface area contributed by atoms with Crippen molar-refractivity contribution in [3.8, 4) is 12.3 Å². The molecular formula is C15H16N2OS. The van der Waals surface area contributed by atoms with Gasteiger partial charge in [0.2, 0.25) is 5.91 Å². The van der Waals surface area contributed by atoms with Crippen LogP contribution >= 0.6 is 11.8 Å². The molecule has 1 aromatic carbocycles. The Labute approximate surface area is 117 Å². The van der Waals surface area contributed by atoms with E-state index in [0.717, 1.165) is 12.0 Å². The fraction of sp³-hybridized carbons (Fsp3) is 0.267. The molecule has 0 aliphatic carbocycles. The summed E-state index contributed by atoms with van der Waals surface area (Å²) in [6.07, 6.45) is 10.8. The zero-order chi connectivity index (χ0) is 13.5. The Morgan fingerprint density at radius 2 is 2.32 bits per heavy atom. The van der Waals surface area contributed by atoms with Gasteiger partial charge < -0.3 is 0 Å². The lowest BCUT2D eigenvalue weighted by Crippen LogP contribution is -2.48. The molecule has 1 atom stereocenters. The molecule has 0 spiro atoms. The Bertz CT molecular complexity index is 509. The molecule has 1 saturated heterocycles. The van der Waals surface area contributed by atoms with E-state index < -0.39 is 0 Å². The lowest BCUT2D eigenvalue weighted by molar-refractivity contribution is -0.123. The van der Waals surface area contributed by atoms with E-state index >= 15 is 0 Å². The summed E-state index contributed by atoms with van der Waals surface area (Å²) in [6, 6.07) is 8.34. The molecule has 19 heavy (non-hydrogen) atoms. The smallest absolute Gasteiger partial charge is 0.234 e. The van der Waals surface area contributed by atoms with Crippen molar-refractivity contribution in [2.45, 2.75) is 23.8 Å². The Hall–Kier alpha value is -1.70. The van der Waals surface area contributed by atoms with E-state index in [1.54, 1.807) is 11.8 Å². The van der Waals surface area contributed by atoms with Crippen LogP contribution in [0.1, 0.15) is 18.4 Å². The molecule has 1 aliphatic rings. The summed E-state index contributed by atoms with van der Waals surface area (Å²) in [5.74, 6) is 3.35. The summed E-state index contributed by atoms with van der Waals surface area (Å²) in [7, 11) is 0. The summed E-state index contributed by atoms with van der Waals surface area (Å²) in [6.45, 7) is 0. The van der Waals surface area contributed by atoms with Gasteiger partial charge in [0.05, 0.1) is 5.75 Å². The number of benzene rings is 1. The van der Waals surface area contributed by atoms with Crippen LogP contribution in [0.2, 0.25) is 0 Å². The maximum absolute atomic E-state index is 11.0. The fourth-order valence-corrected chi connectivity index (χ4v) is 2.54. The van der Waals surface area contributed by atoms with Gasteiger partial charge in [-0.25, -0.2) is 5.43 Å². The molecule has 2 N–H and O–H groups in total. The first kappa shape index (κ1) is 13.7. The van der Waals surface area contributed by atoms with E-state index in [2.05, 4.69) is 41.1 Å². The highest BCUT2D eigenvalue weighted by atomic mass is 32.2. The van der Waals surface area contributed by atoms with E-state index in [-0.39, 0.29) is 11.9 Å². The first-order chi connectivity index (χ1) is 9.29. The fourth-order valence-electron chi connectivity index (χ4n) is 1.83. The third kappa shape index (κ3) is 4.16. The van der Waals surface area contributed by atoms with E-state index in [4.69, 9.17) is 6.42 Å². The van der Waals surface area contributed by atoms with Crippen molar-refractivity contribution in [1.29, 1.82) is 0 Å².